The lowest BCUT2D eigenvalue weighted by Crippen LogP contribution is -2.07. The maximum Gasteiger partial charge on any atom is 0.207 e. The number of nitrogens with one attached hydrogen (secondary N) is 1. The van der Waals surface area contributed by atoms with E-state index in [1.807, 2.05) is 6.92 Å². The molecule has 0 amide bonds. The van der Waals surface area contributed by atoms with Crippen molar-refractivity contribution < 1.29 is 17.9 Å². The number of benzene rings is 1. The molecule has 2 rings (SSSR count). The highest BCUT2D eigenvalue weighted by Crippen LogP contribution is 2.22. The van der Waals surface area contributed by atoms with Gasteiger partial charge in [0.25, 0.3) is 0 Å². The molecule has 114 valence electrons. The van der Waals surface area contributed by atoms with Gasteiger partial charge in [-0.05, 0) is 13.3 Å². The smallest absolute Gasteiger partial charge is 0.207 e. The summed E-state index contributed by atoms with van der Waals surface area (Å²) >= 11 is 0. The molecule has 7 heteroatoms. The summed E-state index contributed by atoms with van der Waals surface area (Å²) in [4.78, 5) is 4.01. The number of ether oxygens (including phenoxy) is 1. The molecule has 0 radical (unpaired) electrons. The summed E-state index contributed by atoms with van der Waals surface area (Å²) in [6, 6.07) is 1.38. The summed E-state index contributed by atoms with van der Waals surface area (Å²) in [5.74, 6) is -2.92. The molecule has 21 heavy (non-hydrogen) atoms. The van der Waals surface area contributed by atoms with E-state index >= 15 is 0 Å². The third kappa shape index (κ3) is 3.98. The van der Waals surface area contributed by atoms with Crippen molar-refractivity contribution in [3.05, 3.63) is 42.0 Å². The van der Waals surface area contributed by atoms with Crippen LogP contribution in [0.2, 0.25) is 0 Å². The Labute approximate surface area is 120 Å². The van der Waals surface area contributed by atoms with Crippen molar-refractivity contribution in [2.75, 3.05) is 18.5 Å². The molecule has 0 atom stereocenters. The lowest BCUT2D eigenvalue weighted by atomic mass is 10.3. The van der Waals surface area contributed by atoms with Gasteiger partial charge >= 0.3 is 0 Å². The molecule has 0 spiro atoms. The first-order valence-electron chi connectivity index (χ1n) is 6.62. The largest absolute Gasteiger partial charge is 0.382 e. The first-order chi connectivity index (χ1) is 10.1. The van der Waals surface area contributed by atoms with Crippen LogP contribution >= 0.6 is 0 Å². The number of imidazole rings is 1. The molecule has 0 aliphatic heterocycles. The Hall–Kier alpha value is -2.02. The van der Waals surface area contributed by atoms with Gasteiger partial charge < -0.3 is 14.6 Å². The van der Waals surface area contributed by atoms with Gasteiger partial charge in [-0.15, -0.1) is 0 Å². The molecule has 0 saturated carbocycles. The lowest BCUT2D eigenvalue weighted by Gasteiger charge is -2.11. The number of hydrogen-bond acceptors (Lipinski definition) is 3. The average Bonchev–Trinajstić information content (AvgIpc) is 2.88. The molecular formula is C14H16F3N3O. The van der Waals surface area contributed by atoms with Gasteiger partial charge in [0.1, 0.15) is 5.82 Å². The van der Waals surface area contributed by atoms with Crippen LogP contribution in [0.4, 0.5) is 24.8 Å². The minimum atomic E-state index is -1.24. The number of rotatable bonds is 7. The third-order valence-corrected chi connectivity index (χ3v) is 2.85. The Bertz CT molecular complexity index is 601. The highest BCUT2D eigenvalue weighted by molar-refractivity contribution is 5.54. The second-order valence-corrected chi connectivity index (χ2v) is 4.37. The van der Waals surface area contributed by atoms with E-state index in [0.717, 1.165) is 12.5 Å². The van der Waals surface area contributed by atoms with Crippen LogP contribution in [0.5, 0.6) is 0 Å². The molecule has 1 aromatic heterocycles. The molecule has 1 heterocycles. The Morgan fingerprint density at radius 2 is 2.10 bits per heavy atom. The standard InChI is InChI=1S/C14H16F3N3O/c1-2-21-7-3-5-20-6-4-18-14(20)19-12-9-10(15)8-11(16)13(12)17/h4,6,8-9H,2-3,5,7H2,1H3,(H,18,19). The van der Waals surface area contributed by atoms with E-state index in [-0.39, 0.29) is 5.69 Å². The van der Waals surface area contributed by atoms with E-state index < -0.39 is 17.5 Å². The third-order valence-electron chi connectivity index (χ3n) is 2.85. The molecule has 0 bridgehead atoms. The normalized spacial score (nSPS) is 10.9. The second kappa shape index (κ2) is 7.12. The van der Waals surface area contributed by atoms with Gasteiger partial charge in [-0.1, -0.05) is 0 Å². The molecule has 4 nitrogen and oxygen atoms in total. The molecule has 2 aromatic rings. The van der Waals surface area contributed by atoms with Crippen LogP contribution in [-0.4, -0.2) is 22.8 Å². The zero-order valence-corrected chi connectivity index (χ0v) is 11.6. The Kier molecular flexibility index (Phi) is 5.21. The van der Waals surface area contributed by atoms with Gasteiger partial charge in [-0.3, -0.25) is 0 Å². The fraction of sp³-hybridized carbons (Fsp3) is 0.357. The number of hydrogen-bond donors (Lipinski definition) is 1. The first kappa shape index (κ1) is 15.4. The SMILES string of the molecule is CCOCCCn1ccnc1Nc1cc(F)cc(F)c1F. The van der Waals surface area contributed by atoms with Gasteiger partial charge in [0.2, 0.25) is 5.95 Å². The van der Waals surface area contributed by atoms with Crippen molar-refractivity contribution in [1.29, 1.82) is 0 Å². The Morgan fingerprint density at radius 3 is 2.86 bits per heavy atom. The summed E-state index contributed by atoms with van der Waals surface area (Å²) in [7, 11) is 0. The molecule has 1 N–H and O–H groups in total. The molecule has 0 unspecified atom stereocenters. The summed E-state index contributed by atoms with van der Waals surface area (Å²) in [5.41, 5.74) is -0.287. The van der Waals surface area contributed by atoms with Gasteiger partial charge in [0.15, 0.2) is 11.6 Å². The topological polar surface area (TPSA) is 39.1 Å². The number of anilines is 2. The number of aromatic nitrogens is 2. The van der Waals surface area contributed by atoms with Crippen molar-refractivity contribution in [2.24, 2.45) is 0 Å². The van der Waals surface area contributed by atoms with E-state index in [0.29, 0.717) is 31.8 Å². The zero-order valence-electron chi connectivity index (χ0n) is 11.6. The number of nitrogens with zero attached hydrogens (tertiary/aromatic N) is 2. The summed E-state index contributed by atoms with van der Waals surface area (Å²) in [6.45, 7) is 3.74. The summed E-state index contributed by atoms with van der Waals surface area (Å²) < 4.78 is 46.8. The molecule has 0 aliphatic rings. The van der Waals surface area contributed by atoms with Crippen LogP contribution in [0.1, 0.15) is 13.3 Å². The van der Waals surface area contributed by atoms with Gasteiger partial charge in [0, 0.05) is 44.3 Å². The fourth-order valence-corrected chi connectivity index (χ4v) is 1.86. The summed E-state index contributed by atoms with van der Waals surface area (Å²) in [6.07, 6.45) is 3.97. The number of halogens is 3. The van der Waals surface area contributed by atoms with Gasteiger partial charge in [0.05, 0.1) is 5.69 Å². The van der Waals surface area contributed by atoms with Crippen molar-refractivity contribution in [3.63, 3.8) is 0 Å². The first-order valence-corrected chi connectivity index (χ1v) is 6.62. The maximum atomic E-state index is 13.6. The summed E-state index contributed by atoms with van der Waals surface area (Å²) in [5, 5.41) is 2.60. The minimum Gasteiger partial charge on any atom is -0.382 e. The van der Waals surface area contributed by atoms with Crippen molar-refractivity contribution in [2.45, 2.75) is 19.9 Å². The Morgan fingerprint density at radius 1 is 1.29 bits per heavy atom. The maximum absolute atomic E-state index is 13.6. The molecule has 0 saturated heterocycles. The molecular weight excluding hydrogens is 283 g/mol. The highest BCUT2D eigenvalue weighted by atomic mass is 19.2. The average molecular weight is 299 g/mol. The predicted octanol–water partition coefficient (Wildman–Crippen LogP) is 3.47. The lowest BCUT2D eigenvalue weighted by molar-refractivity contribution is 0.142. The zero-order chi connectivity index (χ0) is 15.2. The van der Waals surface area contributed by atoms with Crippen LogP contribution < -0.4 is 5.32 Å². The molecule has 0 aliphatic carbocycles. The highest BCUT2D eigenvalue weighted by Gasteiger charge is 2.13. The van der Waals surface area contributed by atoms with Crippen LogP contribution in [0.3, 0.4) is 0 Å². The predicted molar refractivity (Wildman–Crippen MR) is 72.9 cm³/mol. The van der Waals surface area contributed by atoms with Crippen molar-refractivity contribution in [3.8, 4) is 0 Å². The van der Waals surface area contributed by atoms with Crippen molar-refractivity contribution in [1.82, 2.24) is 9.55 Å². The molecule has 1 aromatic carbocycles. The van der Waals surface area contributed by atoms with E-state index in [4.69, 9.17) is 4.74 Å². The van der Waals surface area contributed by atoms with E-state index in [1.54, 1.807) is 10.8 Å². The van der Waals surface area contributed by atoms with Crippen LogP contribution in [-0.2, 0) is 11.3 Å². The number of aryl methyl sites for hydroxylation is 1. The van der Waals surface area contributed by atoms with Crippen LogP contribution in [0.15, 0.2) is 24.5 Å². The van der Waals surface area contributed by atoms with E-state index in [1.165, 1.54) is 6.20 Å². The van der Waals surface area contributed by atoms with Gasteiger partial charge in [-0.25, -0.2) is 18.2 Å². The fourth-order valence-electron chi connectivity index (χ4n) is 1.86. The van der Waals surface area contributed by atoms with Crippen LogP contribution in [0, 0.1) is 17.5 Å². The van der Waals surface area contributed by atoms with Crippen molar-refractivity contribution >= 4 is 11.6 Å². The van der Waals surface area contributed by atoms with Crippen LogP contribution in [0.25, 0.3) is 0 Å². The molecule has 0 fully saturated rings. The quantitative estimate of drug-likeness (QED) is 0.628. The minimum absolute atomic E-state index is 0.287. The Balaban J connectivity index is 2.08. The van der Waals surface area contributed by atoms with E-state index in [9.17, 15) is 13.2 Å². The van der Waals surface area contributed by atoms with Gasteiger partial charge in [-0.2, -0.15) is 0 Å². The monoisotopic (exact) mass is 299 g/mol. The second-order valence-electron chi connectivity index (χ2n) is 4.37. The van der Waals surface area contributed by atoms with E-state index in [2.05, 4.69) is 10.3 Å².